The average molecular weight is 324 g/mol. The maximum absolute atomic E-state index is 12.9. The van der Waals surface area contributed by atoms with E-state index in [0.29, 0.717) is 5.95 Å². The largest absolute Gasteiger partial charge is 0.418 e. The number of nitrogens with zero attached hydrogens (tertiary/aromatic N) is 2. The van der Waals surface area contributed by atoms with Crippen LogP contribution in [0.25, 0.3) is 0 Å². The van der Waals surface area contributed by atoms with Crippen molar-refractivity contribution in [1.29, 1.82) is 0 Å². The second kappa shape index (κ2) is 6.64. The highest BCUT2D eigenvalue weighted by Gasteiger charge is 2.33. The summed E-state index contributed by atoms with van der Waals surface area (Å²) in [6.45, 7) is 3.80. The predicted octanol–water partition coefficient (Wildman–Crippen LogP) is 3.57. The first kappa shape index (κ1) is 16.7. The lowest BCUT2D eigenvalue weighted by atomic mass is 10.1. The second-order valence-electron chi connectivity index (χ2n) is 5.09. The molecule has 1 amide bonds. The van der Waals surface area contributed by atoms with Crippen LogP contribution < -0.4 is 10.6 Å². The third-order valence-electron chi connectivity index (χ3n) is 2.81. The monoisotopic (exact) mass is 324 g/mol. The molecule has 0 atom stereocenters. The van der Waals surface area contributed by atoms with Crippen molar-refractivity contribution in [1.82, 2.24) is 9.97 Å². The van der Waals surface area contributed by atoms with E-state index in [0.717, 1.165) is 6.07 Å². The van der Waals surface area contributed by atoms with E-state index in [2.05, 4.69) is 20.6 Å². The zero-order valence-corrected chi connectivity index (χ0v) is 12.5. The number of hydrogen-bond donors (Lipinski definition) is 2. The van der Waals surface area contributed by atoms with Gasteiger partial charge in [0, 0.05) is 18.4 Å². The number of rotatable bonds is 4. The van der Waals surface area contributed by atoms with E-state index < -0.39 is 17.6 Å². The standard InChI is InChI=1S/C15H15F3N4O/c1-9(2)21-14-19-7-10(8-20-14)13(23)22-12-6-4-3-5-11(12)15(16,17)18/h3-9H,1-2H3,(H,22,23)(H,19,20,21). The zero-order chi connectivity index (χ0) is 17.0. The zero-order valence-electron chi connectivity index (χ0n) is 12.5. The summed E-state index contributed by atoms with van der Waals surface area (Å²) in [5.74, 6) is -0.370. The first-order valence-corrected chi connectivity index (χ1v) is 6.83. The molecule has 0 fully saturated rings. The Kier molecular flexibility index (Phi) is 4.83. The highest BCUT2D eigenvalue weighted by Crippen LogP contribution is 2.34. The molecule has 122 valence electrons. The second-order valence-corrected chi connectivity index (χ2v) is 5.09. The molecule has 8 heteroatoms. The lowest BCUT2D eigenvalue weighted by Crippen LogP contribution is -2.18. The fourth-order valence-corrected chi connectivity index (χ4v) is 1.81. The third kappa shape index (κ3) is 4.41. The van der Waals surface area contributed by atoms with Crippen molar-refractivity contribution in [3.63, 3.8) is 0 Å². The van der Waals surface area contributed by atoms with Crippen molar-refractivity contribution in [2.75, 3.05) is 10.6 Å². The van der Waals surface area contributed by atoms with Gasteiger partial charge in [0.05, 0.1) is 16.8 Å². The molecule has 1 aromatic carbocycles. The molecular weight excluding hydrogens is 309 g/mol. The highest BCUT2D eigenvalue weighted by atomic mass is 19.4. The van der Waals surface area contributed by atoms with E-state index in [1.54, 1.807) is 0 Å². The molecule has 2 aromatic rings. The minimum absolute atomic E-state index is 0.0660. The number of anilines is 2. The molecule has 0 spiro atoms. The first-order chi connectivity index (χ1) is 10.8. The van der Waals surface area contributed by atoms with Gasteiger partial charge in [-0.2, -0.15) is 13.2 Å². The minimum atomic E-state index is -4.55. The Morgan fingerprint density at radius 2 is 1.74 bits per heavy atom. The summed E-state index contributed by atoms with van der Waals surface area (Å²) in [5, 5.41) is 5.18. The number of amides is 1. The van der Waals surface area contributed by atoms with Crippen LogP contribution >= 0.6 is 0 Å². The van der Waals surface area contributed by atoms with Gasteiger partial charge < -0.3 is 10.6 Å². The summed E-state index contributed by atoms with van der Waals surface area (Å²) in [6.07, 6.45) is -2.04. The van der Waals surface area contributed by atoms with Crippen LogP contribution in [-0.2, 0) is 6.18 Å². The topological polar surface area (TPSA) is 66.9 Å². The van der Waals surface area contributed by atoms with E-state index in [4.69, 9.17) is 0 Å². The van der Waals surface area contributed by atoms with E-state index in [9.17, 15) is 18.0 Å². The van der Waals surface area contributed by atoms with Crippen molar-refractivity contribution < 1.29 is 18.0 Å². The fraction of sp³-hybridized carbons (Fsp3) is 0.267. The average Bonchev–Trinajstić information content (AvgIpc) is 2.46. The molecule has 0 radical (unpaired) electrons. The molecule has 2 rings (SSSR count). The number of carbonyl (C=O) groups is 1. The van der Waals surface area contributed by atoms with E-state index in [-0.39, 0.29) is 17.3 Å². The van der Waals surface area contributed by atoms with E-state index in [1.807, 2.05) is 13.8 Å². The molecule has 0 saturated carbocycles. The van der Waals surface area contributed by atoms with Crippen LogP contribution in [0.1, 0.15) is 29.8 Å². The molecule has 0 aliphatic heterocycles. The highest BCUT2D eigenvalue weighted by molar-refractivity contribution is 6.04. The predicted molar refractivity (Wildman–Crippen MR) is 80.2 cm³/mol. The lowest BCUT2D eigenvalue weighted by Gasteiger charge is -2.13. The molecule has 1 aromatic heterocycles. The number of para-hydroxylation sites is 1. The number of hydrogen-bond acceptors (Lipinski definition) is 4. The SMILES string of the molecule is CC(C)Nc1ncc(C(=O)Nc2ccccc2C(F)(F)F)cn1. The Morgan fingerprint density at radius 3 is 2.30 bits per heavy atom. The van der Waals surface area contributed by atoms with Gasteiger partial charge in [0.15, 0.2) is 0 Å². The van der Waals surface area contributed by atoms with Crippen molar-refractivity contribution in [2.45, 2.75) is 26.1 Å². The van der Waals surface area contributed by atoms with Gasteiger partial charge in [-0.1, -0.05) is 12.1 Å². The van der Waals surface area contributed by atoms with Gasteiger partial charge in [-0.3, -0.25) is 4.79 Å². The van der Waals surface area contributed by atoms with Crippen molar-refractivity contribution in [3.05, 3.63) is 47.8 Å². The van der Waals surface area contributed by atoms with Crippen molar-refractivity contribution in [3.8, 4) is 0 Å². The van der Waals surface area contributed by atoms with Crippen LogP contribution in [0.4, 0.5) is 24.8 Å². The maximum Gasteiger partial charge on any atom is 0.418 e. The van der Waals surface area contributed by atoms with Gasteiger partial charge in [0.2, 0.25) is 5.95 Å². The van der Waals surface area contributed by atoms with Crippen LogP contribution in [0.15, 0.2) is 36.7 Å². The minimum Gasteiger partial charge on any atom is -0.352 e. The third-order valence-corrected chi connectivity index (χ3v) is 2.81. The number of alkyl halides is 3. The van der Waals surface area contributed by atoms with Crippen molar-refractivity contribution in [2.24, 2.45) is 0 Å². The molecule has 0 aliphatic rings. The van der Waals surface area contributed by atoms with Gasteiger partial charge in [-0.25, -0.2) is 9.97 Å². The number of aromatic nitrogens is 2. The summed E-state index contributed by atoms with van der Waals surface area (Å²) in [4.78, 5) is 19.9. The molecule has 5 nitrogen and oxygen atoms in total. The fourth-order valence-electron chi connectivity index (χ4n) is 1.81. The van der Waals surface area contributed by atoms with Gasteiger partial charge in [-0.15, -0.1) is 0 Å². The van der Waals surface area contributed by atoms with Crippen molar-refractivity contribution >= 4 is 17.5 Å². The quantitative estimate of drug-likeness (QED) is 0.902. The number of benzene rings is 1. The first-order valence-electron chi connectivity index (χ1n) is 6.83. The van der Waals surface area contributed by atoms with Gasteiger partial charge >= 0.3 is 6.18 Å². The summed E-state index contributed by atoms with van der Waals surface area (Å²) in [6, 6.07) is 4.89. The molecule has 23 heavy (non-hydrogen) atoms. The Labute approximate surface area is 131 Å². The summed E-state index contributed by atoms with van der Waals surface area (Å²) >= 11 is 0. The summed E-state index contributed by atoms with van der Waals surface area (Å²) in [5.41, 5.74) is -1.15. The smallest absolute Gasteiger partial charge is 0.352 e. The number of halogens is 3. The van der Waals surface area contributed by atoms with Crippen LogP contribution in [0.2, 0.25) is 0 Å². The Hall–Kier alpha value is -2.64. The molecule has 0 unspecified atom stereocenters. The van der Waals surface area contributed by atoms with Gasteiger partial charge in [0.25, 0.3) is 5.91 Å². The van der Waals surface area contributed by atoms with Crippen LogP contribution in [0.3, 0.4) is 0 Å². The Balaban J connectivity index is 2.17. The van der Waals surface area contributed by atoms with Crippen LogP contribution in [0.5, 0.6) is 0 Å². The molecule has 0 saturated heterocycles. The van der Waals surface area contributed by atoms with Gasteiger partial charge in [-0.05, 0) is 26.0 Å². The Bertz CT molecular complexity index is 684. The molecule has 0 aliphatic carbocycles. The normalized spacial score (nSPS) is 11.4. The number of nitrogens with one attached hydrogen (secondary N) is 2. The van der Waals surface area contributed by atoms with E-state index >= 15 is 0 Å². The number of carbonyl (C=O) groups excluding carboxylic acids is 1. The summed E-state index contributed by atoms with van der Waals surface area (Å²) in [7, 11) is 0. The molecule has 2 N–H and O–H groups in total. The molecule has 1 heterocycles. The summed E-state index contributed by atoms with van der Waals surface area (Å²) < 4.78 is 38.7. The van der Waals surface area contributed by atoms with Crippen LogP contribution in [-0.4, -0.2) is 21.9 Å². The Morgan fingerprint density at radius 1 is 1.13 bits per heavy atom. The lowest BCUT2D eigenvalue weighted by molar-refractivity contribution is -0.136. The van der Waals surface area contributed by atoms with Crippen LogP contribution in [0, 0.1) is 0 Å². The maximum atomic E-state index is 12.9. The molecule has 0 bridgehead atoms. The van der Waals surface area contributed by atoms with Gasteiger partial charge in [0.1, 0.15) is 0 Å². The van der Waals surface area contributed by atoms with E-state index in [1.165, 1.54) is 30.6 Å². The molecular formula is C15H15F3N4O.